The summed E-state index contributed by atoms with van der Waals surface area (Å²) in [6, 6.07) is 0. The van der Waals surface area contributed by atoms with E-state index in [9.17, 15) is 0 Å². The lowest BCUT2D eigenvalue weighted by Gasteiger charge is -2.16. The van der Waals surface area contributed by atoms with E-state index in [-0.39, 0.29) is 5.60 Å². The fourth-order valence-electron chi connectivity index (χ4n) is 0.280. The van der Waals surface area contributed by atoms with Gasteiger partial charge in [-0.05, 0) is 24.7 Å². The SMILES string of the molecule is CC(C)(C)OCC#CI. The molecule has 0 fully saturated rings. The van der Waals surface area contributed by atoms with Crippen LogP contribution < -0.4 is 0 Å². The van der Waals surface area contributed by atoms with Crippen molar-refractivity contribution in [2.75, 3.05) is 6.61 Å². The molecule has 1 nitrogen and oxygen atoms in total. The Bertz CT molecular complexity index is 124. The highest BCUT2D eigenvalue weighted by molar-refractivity contribution is 14.1. The van der Waals surface area contributed by atoms with Crippen LogP contribution in [0, 0.1) is 9.85 Å². The highest BCUT2D eigenvalue weighted by atomic mass is 127. The van der Waals surface area contributed by atoms with Crippen molar-refractivity contribution >= 4 is 22.6 Å². The van der Waals surface area contributed by atoms with Gasteiger partial charge in [0.2, 0.25) is 0 Å². The molecule has 0 rings (SSSR count). The van der Waals surface area contributed by atoms with Gasteiger partial charge in [-0.15, -0.1) is 0 Å². The maximum atomic E-state index is 5.29. The zero-order chi connectivity index (χ0) is 7.33. The molecule has 0 aliphatic heterocycles. The molecule has 0 bridgehead atoms. The average Bonchev–Trinajstić information content (AvgIpc) is 1.63. The predicted molar refractivity (Wildman–Crippen MR) is 47.5 cm³/mol. The quantitative estimate of drug-likeness (QED) is 0.502. The minimum Gasteiger partial charge on any atom is -0.363 e. The Hall–Kier alpha value is 0.250. The molecule has 52 valence electrons. The molecule has 0 radical (unpaired) electrons. The molecule has 0 aromatic heterocycles. The first-order valence-corrected chi connectivity index (χ1v) is 3.86. The second-order valence-electron chi connectivity index (χ2n) is 2.67. The summed E-state index contributed by atoms with van der Waals surface area (Å²) in [6.45, 7) is 6.58. The Morgan fingerprint density at radius 1 is 1.44 bits per heavy atom. The van der Waals surface area contributed by atoms with Gasteiger partial charge >= 0.3 is 0 Å². The van der Waals surface area contributed by atoms with E-state index in [1.807, 2.05) is 43.4 Å². The second kappa shape index (κ2) is 4.13. The van der Waals surface area contributed by atoms with Gasteiger partial charge in [0.1, 0.15) is 6.61 Å². The molecule has 0 unspecified atom stereocenters. The molecule has 0 aliphatic rings. The number of hydrogen-bond acceptors (Lipinski definition) is 1. The monoisotopic (exact) mass is 238 g/mol. The predicted octanol–water partition coefficient (Wildman–Crippen LogP) is 2.20. The summed E-state index contributed by atoms with van der Waals surface area (Å²) in [5.74, 6) is 2.82. The Morgan fingerprint density at radius 2 is 2.00 bits per heavy atom. The van der Waals surface area contributed by atoms with Crippen LogP contribution in [0.5, 0.6) is 0 Å². The van der Waals surface area contributed by atoms with E-state index in [1.165, 1.54) is 0 Å². The third kappa shape index (κ3) is 8.25. The summed E-state index contributed by atoms with van der Waals surface area (Å²) >= 11 is 2.00. The summed E-state index contributed by atoms with van der Waals surface area (Å²) in [4.78, 5) is 0. The van der Waals surface area contributed by atoms with Gasteiger partial charge in [0.05, 0.1) is 5.60 Å². The van der Waals surface area contributed by atoms with Crippen LogP contribution in [0.15, 0.2) is 0 Å². The van der Waals surface area contributed by atoms with Crippen LogP contribution in [0.3, 0.4) is 0 Å². The average molecular weight is 238 g/mol. The van der Waals surface area contributed by atoms with Crippen molar-refractivity contribution in [3.05, 3.63) is 0 Å². The summed E-state index contributed by atoms with van der Waals surface area (Å²) in [7, 11) is 0. The molecule has 0 saturated carbocycles. The van der Waals surface area contributed by atoms with Gasteiger partial charge in [0.15, 0.2) is 0 Å². The Labute approximate surface area is 70.3 Å². The standard InChI is InChI=1S/C7H11IO/c1-7(2,3)9-6-4-5-8/h6H2,1-3H3. The molecule has 0 amide bonds. The van der Waals surface area contributed by atoms with Crippen molar-refractivity contribution in [1.82, 2.24) is 0 Å². The topological polar surface area (TPSA) is 9.23 Å². The van der Waals surface area contributed by atoms with Gasteiger partial charge < -0.3 is 4.74 Å². The van der Waals surface area contributed by atoms with E-state index >= 15 is 0 Å². The highest BCUT2D eigenvalue weighted by Crippen LogP contribution is 2.04. The molecule has 0 N–H and O–H groups in total. The zero-order valence-electron chi connectivity index (χ0n) is 5.99. The molecule has 0 aliphatic carbocycles. The smallest absolute Gasteiger partial charge is 0.109 e. The molecule has 2 heteroatoms. The molecule has 0 atom stereocenters. The summed E-state index contributed by atoms with van der Waals surface area (Å²) in [6.07, 6.45) is 0. The summed E-state index contributed by atoms with van der Waals surface area (Å²) in [5.41, 5.74) is -0.0551. The van der Waals surface area contributed by atoms with Crippen molar-refractivity contribution in [1.29, 1.82) is 0 Å². The minimum atomic E-state index is -0.0551. The molecule has 0 heterocycles. The van der Waals surface area contributed by atoms with E-state index in [1.54, 1.807) is 0 Å². The van der Waals surface area contributed by atoms with Crippen molar-refractivity contribution in [3.63, 3.8) is 0 Å². The molecular formula is C7H11IO. The third-order valence-corrected chi connectivity index (χ3v) is 1.03. The highest BCUT2D eigenvalue weighted by Gasteiger charge is 2.07. The van der Waals surface area contributed by atoms with Crippen LogP contribution in [0.2, 0.25) is 0 Å². The van der Waals surface area contributed by atoms with Gasteiger partial charge in [-0.3, -0.25) is 0 Å². The van der Waals surface area contributed by atoms with Crippen LogP contribution in [0.4, 0.5) is 0 Å². The Morgan fingerprint density at radius 3 is 2.33 bits per heavy atom. The maximum absolute atomic E-state index is 5.29. The van der Waals surface area contributed by atoms with Crippen molar-refractivity contribution in [2.24, 2.45) is 0 Å². The molecular weight excluding hydrogens is 227 g/mol. The maximum Gasteiger partial charge on any atom is 0.109 e. The summed E-state index contributed by atoms with van der Waals surface area (Å²) < 4.78 is 8.03. The molecule has 0 spiro atoms. The number of halogens is 1. The first kappa shape index (κ1) is 9.25. The van der Waals surface area contributed by atoms with E-state index in [0.717, 1.165) is 0 Å². The van der Waals surface area contributed by atoms with Crippen LogP contribution >= 0.6 is 22.6 Å². The van der Waals surface area contributed by atoms with Crippen LogP contribution in [-0.4, -0.2) is 12.2 Å². The largest absolute Gasteiger partial charge is 0.363 e. The first-order chi connectivity index (χ1) is 4.06. The first-order valence-electron chi connectivity index (χ1n) is 2.79. The van der Waals surface area contributed by atoms with Crippen LogP contribution in [0.1, 0.15) is 20.8 Å². The third-order valence-electron chi connectivity index (χ3n) is 0.644. The fraction of sp³-hybridized carbons (Fsp3) is 0.714. The van der Waals surface area contributed by atoms with Gasteiger partial charge in [-0.25, -0.2) is 0 Å². The van der Waals surface area contributed by atoms with Crippen LogP contribution in [0.25, 0.3) is 0 Å². The lowest BCUT2D eigenvalue weighted by molar-refractivity contribution is 0.0181. The second-order valence-corrected chi connectivity index (χ2v) is 3.21. The van der Waals surface area contributed by atoms with Gasteiger partial charge in [0.25, 0.3) is 0 Å². The molecule has 0 aromatic rings. The Balaban J connectivity index is 3.36. The van der Waals surface area contributed by atoms with Crippen molar-refractivity contribution in [2.45, 2.75) is 26.4 Å². The fourth-order valence-corrected chi connectivity index (χ4v) is 0.436. The lowest BCUT2D eigenvalue weighted by Crippen LogP contribution is -2.18. The van der Waals surface area contributed by atoms with Gasteiger partial charge in [-0.2, -0.15) is 0 Å². The minimum absolute atomic E-state index is 0.0551. The molecule has 0 saturated heterocycles. The number of rotatable bonds is 1. The number of ether oxygens (including phenoxy) is 1. The number of hydrogen-bond donors (Lipinski definition) is 0. The van der Waals surface area contributed by atoms with Crippen LogP contribution in [-0.2, 0) is 4.74 Å². The van der Waals surface area contributed by atoms with E-state index in [0.29, 0.717) is 6.61 Å². The zero-order valence-corrected chi connectivity index (χ0v) is 8.15. The molecule has 9 heavy (non-hydrogen) atoms. The van der Waals surface area contributed by atoms with E-state index in [2.05, 4.69) is 9.85 Å². The lowest BCUT2D eigenvalue weighted by atomic mass is 10.2. The molecule has 0 aromatic carbocycles. The van der Waals surface area contributed by atoms with E-state index < -0.39 is 0 Å². The summed E-state index contributed by atoms with van der Waals surface area (Å²) in [5, 5.41) is 0. The van der Waals surface area contributed by atoms with E-state index in [4.69, 9.17) is 4.74 Å². The van der Waals surface area contributed by atoms with Gasteiger partial charge in [-0.1, -0.05) is 5.92 Å². The van der Waals surface area contributed by atoms with Crippen molar-refractivity contribution in [3.8, 4) is 9.85 Å². The van der Waals surface area contributed by atoms with Gasteiger partial charge in [0, 0.05) is 22.6 Å². The van der Waals surface area contributed by atoms with Crippen molar-refractivity contribution < 1.29 is 4.74 Å². The normalized spacial score (nSPS) is 10.2. The Kier molecular flexibility index (Phi) is 4.24.